The van der Waals surface area contributed by atoms with Gasteiger partial charge >= 0.3 is 0 Å². The summed E-state index contributed by atoms with van der Waals surface area (Å²) in [5.74, 6) is 2.19. The maximum absolute atomic E-state index is 13.7. The zero-order valence-corrected chi connectivity index (χ0v) is 19.7. The van der Waals surface area contributed by atoms with Gasteiger partial charge in [-0.15, -0.1) is 0 Å². The van der Waals surface area contributed by atoms with Crippen LogP contribution in [0.3, 0.4) is 0 Å². The predicted octanol–water partition coefficient (Wildman–Crippen LogP) is 3.63. The molecule has 10 nitrogen and oxygen atoms in total. The number of rotatable bonds is 8. The Balaban J connectivity index is 1.82. The third-order valence-corrected chi connectivity index (χ3v) is 5.48. The molecule has 2 N–H and O–H groups in total. The Morgan fingerprint density at radius 2 is 1.79 bits per heavy atom. The van der Waals surface area contributed by atoms with Crippen LogP contribution >= 0.6 is 0 Å². The van der Waals surface area contributed by atoms with E-state index < -0.39 is 6.04 Å². The molecule has 0 bridgehead atoms. The summed E-state index contributed by atoms with van der Waals surface area (Å²) < 4.78 is 23.9. The summed E-state index contributed by atoms with van der Waals surface area (Å²) in [4.78, 5) is 18.0. The highest BCUT2D eigenvalue weighted by molar-refractivity contribution is 6.06. The summed E-state index contributed by atoms with van der Waals surface area (Å²) in [6.07, 6.45) is 1.44. The summed E-state index contributed by atoms with van der Waals surface area (Å²) in [6, 6.07) is 10.3. The molecule has 1 aliphatic heterocycles. The number of amides is 1. The number of nitrogens with one attached hydrogen (secondary N) is 2. The molecule has 0 spiro atoms. The van der Waals surface area contributed by atoms with Crippen LogP contribution in [-0.4, -0.2) is 48.6 Å². The zero-order valence-electron chi connectivity index (χ0n) is 19.7. The molecule has 1 aliphatic rings. The molecule has 34 heavy (non-hydrogen) atoms. The van der Waals surface area contributed by atoms with Crippen LogP contribution in [0.25, 0.3) is 0 Å². The van der Waals surface area contributed by atoms with Crippen LogP contribution in [0.5, 0.6) is 23.0 Å². The van der Waals surface area contributed by atoms with Gasteiger partial charge in [0.2, 0.25) is 11.7 Å². The number of allylic oxidation sites excluding steroid dienone is 1. The van der Waals surface area contributed by atoms with Crippen molar-refractivity contribution in [2.75, 3.05) is 38.6 Å². The lowest BCUT2D eigenvalue weighted by Crippen LogP contribution is -2.31. The molecule has 10 heteroatoms. The van der Waals surface area contributed by atoms with Gasteiger partial charge in [0.15, 0.2) is 11.5 Å². The van der Waals surface area contributed by atoms with Crippen molar-refractivity contribution in [1.82, 2.24) is 14.8 Å². The van der Waals surface area contributed by atoms with Gasteiger partial charge in [-0.2, -0.15) is 10.1 Å². The van der Waals surface area contributed by atoms with Gasteiger partial charge in [0.25, 0.3) is 5.91 Å². The standard InChI is InChI=1S/C24H27N5O5/c1-6-34-17-10-8-7-9-16(17)28-23(30)20-14(2)27-24-25-13-26-29(24)21(20)15-11-18(31-3)22(33-5)19(12-15)32-4/h7-13,21H,6H2,1-5H3,(H,28,30)(H,25,26,27)/t21-/m0/s1. The smallest absolute Gasteiger partial charge is 0.255 e. The molecule has 0 radical (unpaired) electrons. The van der Waals surface area contributed by atoms with Gasteiger partial charge in [-0.1, -0.05) is 12.1 Å². The second-order valence-electron chi connectivity index (χ2n) is 7.44. The van der Waals surface area contributed by atoms with E-state index in [1.165, 1.54) is 6.33 Å². The average molecular weight is 466 g/mol. The van der Waals surface area contributed by atoms with E-state index in [4.69, 9.17) is 18.9 Å². The Morgan fingerprint density at radius 1 is 1.09 bits per heavy atom. The molecule has 1 aromatic heterocycles. The monoisotopic (exact) mass is 465 g/mol. The number of nitrogens with zero attached hydrogens (tertiary/aromatic N) is 3. The minimum absolute atomic E-state index is 0.308. The molecule has 0 unspecified atom stereocenters. The number of fused-ring (bicyclic) bond motifs is 1. The van der Waals surface area contributed by atoms with E-state index in [-0.39, 0.29) is 5.91 Å². The van der Waals surface area contributed by atoms with E-state index in [0.717, 1.165) is 0 Å². The summed E-state index contributed by atoms with van der Waals surface area (Å²) >= 11 is 0. The van der Waals surface area contributed by atoms with E-state index in [0.29, 0.717) is 58.1 Å². The number of para-hydroxylation sites is 2. The van der Waals surface area contributed by atoms with Crippen molar-refractivity contribution in [3.05, 3.63) is 59.6 Å². The summed E-state index contributed by atoms with van der Waals surface area (Å²) in [7, 11) is 4.63. The van der Waals surface area contributed by atoms with Crippen LogP contribution < -0.4 is 29.6 Å². The van der Waals surface area contributed by atoms with E-state index >= 15 is 0 Å². The number of benzene rings is 2. The number of carbonyl (C=O) groups excluding carboxylic acids is 1. The summed E-state index contributed by atoms with van der Waals surface area (Å²) in [6.45, 7) is 4.20. The van der Waals surface area contributed by atoms with E-state index in [1.54, 1.807) is 44.2 Å². The maximum atomic E-state index is 13.7. The van der Waals surface area contributed by atoms with Gasteiger partial charge in [0.05, 0.1) is 39.2 Å². The Morgan fingerprint density at radius 3 is 2.44 bits per heavy atom. The van der Waals surface area contributed by atoms with E-state index in [2.05, 4.69) is 20.7 Å². The van der Waals surface area contributed by atoms with Crippen molar-refractivity contribution in [3.8, 4) is 23.0 Å². The molecule has 2 aromatic carbocycles. The van der Waals surface area contributed by atoms with Crippen molar-refractivity contribution < 1.29 is 23.7 Å². The lowest BCUT2D eigenvalue weighted by atomic mass is 9.94. The van der Waals surface area contributed by atoms with Crippen LogP contribution in [0.4, 0.5) is 11.6 Å². The third kappa shape index (κ3) is 4.09. The lowest BCUT2D eigenvalue weighted by molar-refractivity contribution is -0.113. The summed E-state index contributed by atoms with van der Waals surface area (Å²) in [5.41, 5.74) is 2.39. The van der Waals surface area contributed by atoms with Crippen LogP contribution in [0.15, 0.2) is 54.0 Å². The minimum atomic E-state index is -0.605. The molecule has 0 aliphatic carbocycles. The Labute approximate surface area is 197 Å². The first-order valence-corrected chi connectivity index (χ1v) is 10.7. The number of anilines is 2. The van der Waals surface area contributed by atoms with Crippen LogP contribution in [0.1, 0.15) is 25.5 Å². The zero-order chi connectivity index (χ0) is 24.2. The fourth-order valence-electron chi connectivity index (χ4n) is 3.99. The van der Waals surface area contributed by atoms with Gasteiger partial charge in [-0.25, -0.2) is 4.68 Å². The van der Waals surface area contributed by atoms with Crippen molar-refractivity contribution >= 4 is 17.5 Å². The third-order valence-electron chi connectivity index (χ3n) is 5.48. The van der Waals surface area contributed by atoms with Gasteiger partial charge in [-0.05, 0) is 43.7 Å². The topological polar surface area (TPSA) is 109 Å². The molecule has 4 rings (SSSR count). The van der Waals surface area contributed by atoms with E-state index in [1.807, 2.05) is 32.0 Å². The van der Waals surface area contributed by atoms with Gasteiger partial charge < -0.3 is 29.6 Å². The van der Waals surface area contributed by atoms with Crippen molar-refractivity contribution in [2.24, 2.45) is 0 Å². The highest BCUT2D eigenvalue weighted by Gasteiger charge is 2.35. The number of ether oxygens (including phenoxy) is 4. The Kier molecular flexibility index (Phi) is 6.58. The highest BCUT2D eigenvalue weighted by Crippen LogP contribution is 2.43. The SMILES string of the molecule is CCOc1ccccc1NC(=O)C1=C(C)Nc2ncnn2[C@H]1c1cc(OC)c(OC)c(OC)c1. The first-order valence-electron chi connectivity index (χ1n) is 10.7. The van der Waals surface area contributed by atoms with Gasteiger partial charge in [-0.3, -0.25) is 4.79 Å². The van der Waals surface area contributed by atoms with Crippen LogP contribution in [0, 0.1) is 0 Å². The molecule has 1 atom stereocenters. The predicted molar refractivity (Wildman–Crippen MR) is 127 cm³/mol. The van der Waals surface area contributed by atoms with Crippen LogP contribution in [-0.2, 0) is 4.79 Å². The lowest BCUT2D eigenvalue weighted by Gasteiger charge is -2.29. The molecule has 0 saturated heterocycles. The Hall–Kier alpha value is -4.21. The van der Waals surface area contributed by atoms with Crippen molar-refractivity contribution in [1.29, 1.82) is 0 Å². The van der Waals surface area contributed by atoms with Crippen molar-refractivity contribution in [2.45, 2.75) is 19.9 Å². The molecular formula is C24H27N5O5. The molecular weight excluding hydrogens is 438 g/mol. The normalized spacial score (nSPS) is 14.7. The molecule has 1 amide bonds. The molecule has 3 aromatic rings. The fourth-order valence-corrected chi connectivity index (χ4v) is 3.99. The molecule has 0 fully saturated rings. The van der Waals surface area contributed by atoms with Crippen molar-refractivity contribution in [3.63, 3.8) is 0 Å². The molecule has 2 heterocycles. The first kappa shape index (κ1) is 23.0. The van der Waals surface area contributed by atoms with E-state index in [9.17, 15) is 4.79 Å². The quantitative estimate of drug-likeness (QED) is 0.519. The average Bonchev–Trinajstić information content (AvgIpc) is 3.31. The first-order chi connectivity index (χ1) is 16.5. The Bertz CT molecular complexity index is 1210. The summed E-state index contributed by atoms with van der Waals surface area (Å²) in [5, 5.41) is 10.5. The van der Waals surface area contributed by atoms with Gasteiger partial charge in [0.1, 0.15) is 18.1 Å². The largest absolute Gasteiger partial charge is 0.493 e. The number of methoxy groups -OCH3 is 3. The maximum Gasteiger partial charge on any atom is 0.255 e. The number of hydrogen-bond donors (Lipinski definition) is 2. The number of hydrogen-bond acceptors (Lipinski definition) is 8. The fraction of sp³-hybridized carbons (Fsp3) is 0.292. The van der Waals surface area contributed by atoms with Gasteiger partial charge in [0, 0.05) is 5.70 Å². The molecule has 178 valence electrons. The van der Waals surface area contributed by atoms with Crippen LogP contribution in [0.2, 0.25) is 0 Å². The second kappa shape index (κ2) is 9.74. The second-order valence-corrected chi connectivity index (χ2v) is 7.44. The highest BCUT2D eigenvalue weighted by atomic mass is 16.5. The minimum Gasteiger partial charge on any atom is -0.493 e. The number of carbonyl (C=O) groups is 1. The number of aromatic nitrogens is 3. The molecule has 0 saturated carbocycles.